The van der Waals surface area contributed by atoms with Gasteiger partial charge < -0.3 is 10.6 Å². The molecule has 0 amide bonds. The minimum absolute atomic E-state index is 0.645. The quantitative estimate of drug-likeness (QED) is 0.639. The van der Waals surface area contributed by atoms with Crippen molar-refractivity contribution in [2.24, 2.45) is 11.7 Å². The number of hydrogen-bond donors (Lipinski definition) is 1. The fraction of sp³-hybridized carbons (Fsp3) is 0.818. The van der Waals surface area contributed by atoms with Gasteiger partial charge in [0.25, 0.3) is 0 Å². The van der Waals surface area contributed by atoms with Crippen LogP contribution in [0.3, 0.4) is 0 Å². The lowest BCUT2D eigenvalue weighted by Crippen LogP contribution is -2.30. The summed E-state index contributed by atoms with van der Waals surface area (Å²) in [5.74, 6) is 0.774. The van der Waals surface area contributed by atoms with Gasteiger partial charge >= 0.3 is 0 Å². The summed E-state index contributed by atoms with van der Waals surface area (Å²) >= 11 is 0. The fourth-order valence-corrected chi connectivity index (χ4v) is 1.38. The molecular weight excluding hydrogens is 160 g/mol. The highest BCUT2D eigenvalue weighted by atomic mass is 15.1. The van der Waals surface area contributed by atoms with Crippen molar-refractivity contribution in [3.8, 4) is 0 Å². The molecular formula is C11H24N2. The Hall–Kier alpha value is -0.340. The molecule has 0 spiro atoms. The second kappa shape index (κ2) is 7.10. The second-order valence-electron chi connectivity index (χ2n) is 4.13. The van der Waals surface area contributed by atoms with Crippen molar-refractivity contribution in [3.63, 3.8) is 0 Å². The molecule has 0 saturated heterocycles. The maximum absolute atomic E-state index is 5.37. The molecule has 0 aliphatic carbocycles. The monoisotopic (exact) mass is 184 g/mol. The van der Waals surface area contributed by atoms with Crippen LogP contribution in [0.2, 0.25) is 0 Å². The normalized spacial score (nSPS) is 14.7. The average molecular weight is 184 g/mol. The molecule has 2 N–H and O–H groups in total. The maximum Gasteiger partial charge on any atom is 0.0163 e. The molecule has 0 radical (unpaired) electrons. The Morgan fingerprint density at radius 1 is 1.23 bits per heavy atom. The summed E-state index contributed by atoms with van der Waals surface area (Å²) in [5.41, 5.74) is 5.37. The lowest BCUT2D eigenvalue weighted by atomic mass is 10.0. The second-order valence-corrected chi connectivity index (χ2v) is 4.13. The maximum atomic E-state index is 5.37. The van der Waals surface area contributed by atoms with Gasteiger partial charge in [-0.25, -0.2) is 0 Å². The van der Waals surface area contributed by atoms with Gasteiger partial charge in [0.05, 0.1) is 0 Å². The van der Waals surface area contributed by atoms with Crippen LogP contribution in [0.1, 0.15) is 27.2 Å². The molecule has 0 aromatic rings. The van der Waals surface area contributed by atoms with Gasteiger partial charge in [0.15, 0.2) is 0 Å². The van der Waals surface area contributed by atoms with E-state index in [9.17, 15) is 0 Å². The third kappa shape index (κ3) is 6.79. The van der Waals surface area contributed by atoms with Gasteiger partial charge in [0, 0.05) is 19.1 Å². The summed E-state index contributed by atoms with van der Waals surface area (Å²) in [4.78, 5) is 2.35. The van der Waals surface area contributed by atoms with Gasteiger partial charge in [-0.05, 0) is 26.3 Å². The van der Waals surface area contributed by atoms with Crippen molar-refractivity contribution < 1.29 is 0 Å². The molecule has 0 heterocycles. The van der Waals surface area contributed by atoms with Crippen LogP contribution in [-0.2, 0) is 0 Å². The SMILES string of the molecule is CC(C)CC(C)N(C)CC=CCN. The molecule has 1 atom stereocenters. The van der Waals surface area contributed by atoms with Crippen LogP contribution >= 0.6 is 0 Å². The van der Waals surface area contributed by atoms with Gasteiger partial charge in [0.1, 0.15) is 0 Å². The first-order valence-corrected chi connectivity index (χ1v) is 5.13. The van der Waals surface area contributed by atoms with Gasteiger partial charge in [-0.3, -0.25) is 0 Å². The topological polar surface area (TPSA) is 29.3 Å². The first kappa shape index (κ1) is 12.7. The largest absolute Gasteiger partial charge is 0.327 e. The van der Waals surface area contributed by atoms with E-state index in [-0.39, 0.29) is 0 Å². The van der Waals surface area contributed by atoms with E-state index in [2.05, 4.69) is 38.8 Å². The number of nitrogens with zero attached hydrogens (tertiary/aromatic N) is 1. The van der Waals surface area contributed by atoms with Gasteiger partial charge in [-0.2, -0.15) is 0 Å². The lowest BCUT2D eigenvalue weighted by molar-refractivity contribution is 0.250. The highest BCUT2D eigenvalue weighted by Crippen LogP contribution is 2.08. The van der Waals surface area contributed by atoms with Crippen molar-refractivity contribution in [1.82, 2.24) is 4.90 Å². The predicted molar refractivity (Wildman–Crippen MR) is 59.7 cm³/mol. The van der Waals surface area contributed by atoms with Gasteiger partial charge in [-0.1, -0.05) is 26.0 Å². The third-order valence-corrected chi connectivity index (χ3v) is 2.26. The van der Waals surface area contributed by atoms with Crippen molar-refractivity contribution in [3.05, 3.63) is 12.2 Å². The molecule has 78 valence electrons. The minimum atomic E-state index is 0.645. The van der Waals surface area contributed by atoms with E-state index >= 15 is 0 Å². The molecule has 0 aromatic heterocycles. The molecule has 2 heteroatoms. The highest BCUT2D eigenvalue weighted by molar-refractivity contribution is 4.86. The van der Waals surface area contributed by atoms with Crippen molar-refractivity contribution in [1.29, 1.82) is 0 Å². The molecule has 0 aliphatic heterocycles. The van der Waals surface area contributed by atoms with E-state index in [4.69, 9.17) is 5.73 Å². The molecule has 0 bridgehead atoms. The Kier molecular flexibility index (Phi) is 6.92. The summed E-state index contributed by atoms with van der Waals surface area (Å²) in [7, 11) is 2.16. The standard InChI is InChI=1S/C11H24N2/c1-10(2)9-11(3)13(4)8-6-5-7-12/h5-6,10-11H,7-9,12H2,1-4H3. The first-order valence-electron chi connectivity index (χ1n) is 5.13. The van der Waals surface area contributed by atoms with Crippen LogP contribution in [0.5, 0.6) is 0 Å². The molecule has 13 heavy (non-hydrogen) atoms. The van der Waals surface area contributed by atoms with Crippen LogP contribution in [0.25, 0.3) is 0 Å². The predicted octanol–water partition coefficient (Wildman–Crippen LogP) is 1.87. The van der Waals surface area contributed by atoms with Crippen LogP contribution in [0.15, 0.2) is 12.2 Å². The zero-order chi connectivity index (χ0) is 10.3. The van der Waals surface area contributed by atoms with Crippen molar-refractivity contribution >= 4 is 0 Å². The minimum Gasteiger partial charge on any atom is -0.327 e. The summed E-state index contributed by atoms with van der Waals surface area (Å²) in [6.07, 6.45) is 5.41. The van der Waals surface area contributed by atoms with E-state index in [1.807, 2.05) is 6.08 Å². The van der Waals surface area contributed by atoms with Crippen LogP contribution < -0.4 is 5.73 Å². The summed E-state index contributed by atoms with van der Waals surface area (Å²) in [6.45, 7) is 8.45. The number of rotatable bonds is 6. The smallest absolute Gasteiger partial charge is 0.0163 e. The van der Waals surface area contributed by atoms with Crippen LogP contribution in [0, 0.1) is 5.92 Å². The molecule has 2 nitrogen and oxygen atoms in total. The third-order valence-electron chi connectivity index (χ3n) is 2.26. The lowest BCUT2D eigenvalue weighted by Gasteiger charge is -2.24. The first-order chi connectivity index (χ1) is 6.07. The zero-order valence-corrected chi connectivity index (χ0v) is 9.46. The van der Waals surface area contributed by atoms with Crippen molar-refractivity contribution in [2.45, 2.75) is 33.2 Å². The Bertz CT molecular complexity index is 141. The molecule has 0 fully saturated rings. The number of hydrogen-bond acceptors (Lipinski definition) is 2. The molecule has 1 unspecified atom stereocenters. The van der Waals surface area contributed by atoms with Crippen LogP contribution in [0.4, 0.5) is 0 Å². The van der Waals surface area contributed by atoms with Crippen LogP contribution in [-0.4, -0.2) is 31.1 Å². The van der Waals surface area contributed by atoms with Gasteiger partial charge in [0.2, 0.25) is 0 Å². The summed E-state index contributed by atoms with van der Waals surface area (Å²) in [6, 6.07) is 0.655. The summed E-state index contributed by atoms with van der Waals surface area (Å²) < 4.78 is 0. The fourth-order valence-electron chi connectivity index (χ4n) is 1.38. The van der Waals surface area contributed by atoms with E-state index in [1.165, 1.54) is 6.42 Å². The molecule has 0 rings (SSSR count). The molecule has 0 aromatic carbocycles. The highest BCUT2D eigenvalue weighted by Gasteiger charge is 2.08. The summed E-state index contributed by atoms with van der Waals surface area (Å²) in [5, 5.41) is 0. The van der Waals surface area contributed by atoms with E-state index in [1.54, 1.807) is 0 Å². The Morgan fingerprint density at radius 2 is 1.85 bits per heavy atom. The zero-order valence-electron chi connectivity index (χ0n) is 9.46. The van der Waals surface area contributed by atoms with E-state index in [0.29, 0.717) is 12.6 Å². The average Bonchev–Trinajstić information content (AvgIpc) is 2.03. The molecule has 0 saturated carbocycles. The Balaban J connectivity index is 3.68. The number of nitrogens with two attached hydrogens (primary N) is 1. The van der Waals surface area contributed by atoms with E-state index in [0.717, 1.165) is 12.5 Å². The molecule has 0 aliphatic rings. The Morgan fingerprint density at radius 3 is 2.31 bits per heavy atom. The van der Waals surface area contributed by atoms with Crippen molar-refractivity contribution in [2.75, 3.05) is 20.1 Å². The van der Waals surface area contributed by atoms with E-state index < -0.39 is 0 Å². The number of likely N-dealkylation sites (N-methyl/N-ethyl adjacent to an activating group) is 1. The Labute approximate surface area is 82.8 Å². The van der Waals surface area contributed by atoms with Gasteiger partial charge in [-0.15, -0.1) is 0 Å².